The number of halogens is 1. The minimum absolute atomic E-state index is 0.677. The van der Waals surface area contributed by atoms with Crippen LogP contribution in [0.25, 0.3) is 0 Å². The van der Waals surface area contributed by atoms with Gasteiger partial charge < -0.3 is 9.47 Å². The molecule has 1 aromatic carbocycles. The highest BCUT2D eigenvalue weighted by Gasteiger charge is 2.39. The van der Waals surface area contributed by atoms with Crippen molar-refractivity contribution in [2.45, 2.75) is 37.9 Å². The molecule has 20 heavy (non-hydrogen) atoms. The molecule has 1 aromatic rings. The number of fused-ring (bicyclic) bond motifs is 2. The van der Waals surface area contributed by atoms with Gasteiger partial charge in [0.1, 0.15) is 0 Å². The third-order valence-electron chi connectivity index (χ3n) is 4.80. The van der Waals surface area contributed by atoms with E-state index in [1.54, 1.807) is 0 Å². The van der Waals surface area contributed by atoms with Gasteiger partial charge in [0, 0.05) is 5.33 Å². The van der Waals surface area contributed by atoms with E-state index in [-0.39, 0.29) is 0 Å². The number of ether oxygens (including phenoxy) is 2. The average molecular weight is 339 g/mol. The van der Waals surface area contributed by atoms with Crippen molar-refractivity contribution in [3.05, 3.63) is 23.8 Å². The number of hydrogen-bond donors (Lipinski definition) is 0. The first-order chi connectivity index (χ1) is 9.80. The van der Waals surface area contributed by atoms with Crippen molar-refractivity contribution in [1.29, 1.82) is 0 Å². The molecule has 2 nitrogen and oxygen atoms in total. The summed E-state index contributed by atoms with van der Waals surface area (Å²) in [6.07, 6.45) is 5.67. The minimum atomic E-state index is 0.677. The molecular formula is C17H23BrO2. The average Bonchev–Trinajstić information content (AvgIpc) is 3.08. The number of hydrogen-bond acceptors (Lipinski definition) is 2. The maximum Gasteiger partial charge on any atom is 0.161 e. The van der Waals surface area contributed by atoms with E-state index in [1.165, 1.54) is 31.2 Å². The molecule has 0 radical (unpaired) electrons. The Morgan fingerprint density at radius 1 is 1.15 bits per heavy atom. The van der Waals surface area contributed by atoms with Gasteiger partial charge in [0.15, 0.2) is 11.5 Å². The molecule has 3 rings (SSSR count). The Balaban J connectivity index is 1.64. The summed E-state index contributed by atoms with van der Waals surface area (Å²) in [6, 6.07) is 6.23. The van der Waals surface area contributed by atoms with E-state index in [2.05, 4.69) is 34.1 Å². The molecule has 0 saturated heterocycles. The van der Waals surface area contributed by atoms with Crippen LogP contribution in [-0.2, 0) is 5.33 Å². The highest BCUT2D eigenvalue weighted by Crippen LogP contribution is 2.48. The van der Waals surface area contributed by atoms with Gasteiger partial charge in [0.2, 0.25) is 0 Å². The SMILES string of the molecule is CCOc1cc(CBr)ccc1OCC1CC2CCC1C2. The van der Waals surface area contributed by atoms with Crippen molar-refractivity contribution < 1.29 is 9.47 Å². The fourth-order valence-corrected chi connectivity index (χ4v) is 4.15. The first kappa shape index (κ1) is 14.2. The van der Waals surface area contributed by atoms with Crippen LogP contribution in [0.15, 0.2) is 18.2 Å². The lowest BCUT2D eigenvalue weighted by atomic mass is 9.89. The Labute approximate surface area is 130 Å². The van der Waals surface area contributed by atoms with E-state index in [1.807, 2.05) is 6.92 Å². The second kappa shape index (κ2) is 6.38. The third kappa shape index (κ3) is 2.98. The van der Waals surface area contributed by atoms with Crippen LogP contribution in [0.2, 0.25) is 0 Å². The van der Waals surface area contributed by atoms with E-state index in [0.717, 1.165) is 41.2 Å². The normalized spacial score (nSPS) is 27.8. The summed E-state index contributed by atoms with van der Waals surface area (Å²) < 4.78 is 11.8. The van der Waals surface area contributed by atoms with E-state index in [0.29, 0.717) is 6.61 Å². The highest BCUT2D eigenvalue weighted by atomic mass is 79.9. The molecule has 3 heteroatoms. The van der Waals surface area contributed by atoms with E-state index in [4.69, 9.17) is 9.47 Å². The zero-order valence-corrected chi connectivity index (χ0v) is 13.7. The van der Waals surface area contributed by atoms with E-state index >= 15 is 0 Å². The van der Waals surface area contributed by atoms with Crippen LogP contribution < -0.4 is 9.47 Å². The van der Waals surface area contributed by atoms with Crippen LogP contribution in [-0.4, -0.2) is 13.2 Å². The predicted octanol–water partition coefficient (Wildman–Crippen LogP) is 4.80. The van der Waals surface area contributed by atoms with E-state index < -0.39 is 0 Å². The number of alkyl halides is 1. The smallest absolute Gasteiger partial charge is 0.161 e. The summed E-state index contributed by atoms with van der Waals surface area (Å²) >= 11 is 3.49. The van der Waals surface area contributed by atoms with Gasteiger partial charge in [-0.1, -0.05) is 28.4 Å². The second-order valence-electron chi connectivity index (χ2n) is 6.09. The van der Waals surface area contributed by atoms with Crippen molar-refractivity contribution in [1.82, 2.24) is 0 Å². The Hall–Kier alpha value is -0.700. The van der Waals surface area contributed by atoms with Gasteiger partial charge in [-0.25, -0.2) is 0 Å². The molecule has 2 fully saturated rings. The molecule has 110 valence electrons. The fourth-order valence-electron chi connectivity index (χ4n) is 3.80. The Morgan fingerprint density at radius 3 is 2.70 bits per heavy atom. The molecule has 0 aliphatic heterocycles. The van der Waals surface area contributed by atoms with Gasteiger partial charge in [-0.3, -0.25) is 0 Å². The molecule has 3 unspecified atom stereocenters. The van der Waals surface area contributed by atoms with Gasteiger partial charge >= 0.3 is 0 Å². The maximum atomic E-state index is 6.09. The van der Waals surface area contributed by atoms with Gasteiger partial charge in [-0.2, -0.15) is 0 Å². The number of rotatable bonds is 6. The summed E-state index contributed by atoms with van der Waals surface area (Å²) in [5.41, 5.74) is 1.22. The number of benzene rings is 1. The molecule has 0 heterocycles. The molecule has 0 amide bonds. The molecular weight excluding hydrogens is 316 g/mol. The first-order valence-electron chi connectivity index (χ1n) is 7.74. The summed E-state index contributed by atoms with van der Waals surface area (Å²) in [5, 5.41) is 0.847. The Kier molecular flexibility index (Phi) is 4.54. The summed E-state index contributed by atoms with van der Waals surface area (Å²) in [5.74, 6) is 4.44. The van der Waals surface area contributed by atoms with Crippen molar-refractivity contribution in [3.63, 3.8) is 0 Å². The molecule has 2 aliphatic carbocycles. The van der Waals surface area contributed by atoms with Crippen molar-refractivity contribution in [2.75, 3.05) is 13.2 Å². The van der Waals surface area contributed by atoms with Gasteiger partial charge in [0.25, 0.3) is 0 Å². The topological polar surface area (TPSA) is 18.5 Å². The van der Waals surface area contributed by atoms with Crippen LogP contribution >= 0.6 is 15.9 Å². The molecule has 0 spiro atoms. The lowest BCUT2D eigenvalue weighted by molar-refractivity contribution is 0.187. The predicted molar refractivity (Wildman–Crippen MR) is 84.7 cm³/mol. The summed E-state index contributed by atoms with van der Waals surface area (Å²) in [6.45, 7) is 3.55. The lowest BCUT2D eigenvalue weighted by Crippen LogP contribution is -2.18. The zero-order chi connectivity index (χ0) is 13.9. The van der Waals surface area contributed by atoms with Gasteiger partial charge in [0.05, 0.1) is 13.2 Å². The van der Waals surface area contributed by atoms with Crippen LogP contribution in [0, 0.1) is 17.8 Å². The quantitative estimate of drug-likeness (QED) is 0.694. The molecule has 0 aromatic heterocycles. The first-order valence-corrected chi connectivity index (χ1v) is 8.86. The molecule has 2 saturated carbocycles. The van der Waals surface area contributed by atoms with Crippen LogP contribution in [0.4, 0.5) is 0 Å². The Bertz CT molecular complexity index is 460. The molecule has 2 aliphatic rings. The third-order valence-corrected chi connectivity index (χ3v) is 5.45. The van der Waals surface area contributed by atoms with Crippen molar-refractivity contribution in [3.8, 4) is 11.5 Å². The van der Waals surface area contributed by atoms with Crippen LogP contribution in [0.5, 0.6) is 11.5 Å². The zero-order valence-electron chi connectivity index (χ0n) is 12.1. The van der Waals surface area contributed by atoms with E-state index in [9.17, 15) is 0 Å². The molecule has 0 N–H and O–H groups in total. The van der Waals surface area contributed by atoms with Gasteiger partial charge in [-0.05, 0) is 61.6 Å². The fraction of sp³-hybridized carbons (Fsp3) is 0.647. The summed E-state index contributed by atoms with van der Waals surface area (Å²) in [7, 11) is 0. The largest absolute Gasteiger partial charge is 0.490 e. The molecule has 2 bridgehead atoms. The molecule has 3 atom stereocenters. The monoisotopic (exact) mass is 338 g/mol. The van der Waals surface area contributed by atoms with Crippen LogP contribution in [0.3, 0.4) is 0 Å². The summed E-state index contributed by atoms with van der Waals surface area (Å²) in [4.78, 5) is 0. The Morgan fingerprint density at radius 2 is 2.05 bits per heavy atom. The lowest BCUT2D eigenvalue weighted by Gasteiger charge is -2.22. The standard InChI is InChI=1S/C17H23BrO2/c1-2-19-17-9-13(10-18)4-6-16(17)20-11-15-8-12-3-5-14(15)7-12/h4,6,9,12,14-15H,2-3,5,7-8,10-11H2,1H3. The van der Waals surface area contributed by atoms with Gasteiger partial charge in [-0.15, -0.1) is 0 Å². The second-order valence-corrected chi connectivity index (χ2v) is 6.65. The maximum absolute atomic E-state index is 6.09. The highest BCUT2D eigenvalue weighted by molar-refractivity contribution is 9.08. The van der Waals surface area contributed by atoms with Crippen molar-refractivity contribution in [2.24, 2.45) is 17.8 Å². The van der Waals surface area contributed by atoms with Crippen LogP contribution in [0.1, 0.15) is 38.2 Å². The van der Waals surface area contributed by atoms with Crippen molar-refractivity contribution >= 4 is 15.9 Å². The minimum Gasteiger partial charge on any atom is -0.490 e.